The van der Waals surface area contributed by atoms with Crippen molar-refractivity contribution in [2.24, 2.45) is 5.41 Å². The fourth-order valence-corrected chi connectivity index (χ4v) is 5.74. The van der Waals surface area contributed by atoms with Gasteiger partial charge in [0.15, 0.2) is 5.54 Å². The predicted octanol–water partition coefficient (Wildman–Crippen LogP) is 4.12. The molecule has 1 aromatic rings. The summed E-state index contributed by atoms with van der Waals surface area (Å²) in [5, 5.41) is 0. The van der Waals surface area contributed by atoms with E-state index >= 15 is 0 Å². The Morgan fingerprint density at radius 3 is 1.86 bits per heavy atom. The second-order valence-electron chi connectivity index (χ2n) is 9.95. The van der Waals surface area contributed by atoms with Gasteiger partial charge >= 0.3 is 7.27 Å². The van der Waals surface area contributed by atoms with Crippen molar-refractivity contribution in [3.8, 4) is 0 Å². The van der Waals surface area contributed by atoms with Crippen LogP contribution in [-0.2, 0) is 0 Å². The van der Waals surface area contributed by atoms with E-state index < -0.39 is 7.27 Å². The molecule has 1 fully saturated rings. The number of hydrogen-bond acceptors (Lipinski definition) is 0. The molecule has 0 N–H and O–H groups in total. The molecule has 0 radical (unpaired) electrons. The van der Waals surface area contributed by atoms with Crippen molar-refractivity contribution >= 4 is 18.6 Å². The SMILES string of the molecule is CC(C)c1cccc(C(C)C)c1[N+]1=C(B(F)F)C2(CCCCC2)CC1(C)C.[F-]. The van der Waals surface area contributed by atoms with Crippen molar-refractivity contribution in [2.75, 3.05) is 0 Å². The summed E-state index contributed by atoms with van der Waals surface area (Å²) in [5.41, 5.74) is 3.24. The van der Waals surface area contributed by atoms with Crippen LogP contribution in [0.3, 0.4) is 0 Å². The third-order valence-electron chi connectivity index (χ3n) is 6.74. The summed E-state index contributed by atoms with van der Waals surface area (Å²) in [6.07, 6.45) is 5.98. The molecule has 1 heterocycles. The number of halogens is 3. The number of rotatable bonds is 4. The quantitative estimate of drug-likeness (QED) is 0.535. The summed E-state index contributed by atoms with van der Waals surface area (Å²) in [4.78, 5) is 0. The highest BCUT2D eigenvalue weighted by molar-refractivity contribution is 6.81. The molecule has 1 spiro atoms. The second-order valence-corrected chi connectivity index (χ2v) is 9.95. The lowest BCUT2D eigenvalue weighted by Crippen LogP contribution is -3.00. The zero-order chi connectivity index (χ0) is 20.0. The van der Waals surface area contributed by atoms with Crippen LogP contribution in [-0.4, -0.2) is 23.0 Å². The van der Waals surface area contributed by atoms with Gasteiger partial charge in [0.25, 0.3) is 0 Å². The van der Waals surface area contributed by atoms with Gasteiger partial charge in [-0.15, -0.1) is 0 Å². The first-order valence-corrected chi connectivity index (χ1v) is 10.7. The predicted molar refractivity (Wildman–Crippen MR) is 112 cm³/mol. The Morgan fingerprint density at radius 1 is 0.929 bits per heavy atom. The van der Waals surface area contributed by atoms with Crippen LogP contribution in [0.15, 0.2) is 18.2 Å². The summed E-state index contributed by atoms with van der Waals surface area (Å²) in [6, 6.07) is 6.36. The molecule has 3 rings (SSSR count). The van der Waals surface area contributed by atoms with E-state index in [4.69, 9.17) is 0 Å². The number of benzene rings is 1. The monoisotopic (exact) mass is 393 g/mol. The first-order chi connectivity index (χ1) is 12.6. The van der Waals surface area contributed by atoms with E-state index in [0.717, 1.165) is 37.8 Å². The largest absolute Gasteiger partial charge is 1.00 e. The minimum Gasteiger partial charge on any atom is -1.00 e. The molecule has 5 heteroatoms. The minimum atomic E-state index is -2.40. The Labute approximate surface area is 169 Å². The summed E-state index contributed by atoms with van der Waals surface area (Å²) in [5.74, 6) is 0.604. The van der Waals surface area contributed by atoms with Crippen molar-refractivity contribution in [3.05, 3.63) is 29.3 Å². The van der Waals surface area contributed by atoms with Crippen molar-refractivity contribution in [3.63, 3.8) is 0 Å². The van der Waals surface area contributed by atoms with Gasteiger partial charge in [-0.3, -0.25) is 8.63 Å². The average Bonchev–Trinajstić information content (AvgIpc) is 2.80. The maximum atomic E-state index is 14.6. The second kappa shape index (κ2) is 8.24. The third kappa shape index (κ3) is 3.78. The third-order valence-corrected chi connectivity index (χ3v) is 6.74. The average molecular weight is 393 g/mol. The Hall–Kier alpha value is -1.26. The highest BCUT2D eigenvalue weighted by atomic mass is 19.2. The Balaban J connectivity index is 0.00000280. The van der Waals surface area contributed by atoms with E-state index in [1.54, 1.807) is 0 Å². The Morgan fingerprint density at radius 2 is 1.43 bits per heavy atom. The molecule has 0 amide bonds. The van der Waals surface area contributed by atoms with Gasteiger partial charge in [-0.25, -0.2) is 0 Å². The molecule has 0 saturated heterocycles. The zero-order valence-corrected chi connectivity index (χ0v) is 18.3. The zero-order valence-electron chi connectivity index (χ0n) is 18.3. The maximum Gasteiger partial charge on any atom is 0.636 e. The van der Waals surface area contributed by atoms with Gasteiger partial charge in [-0.2, -0.15) is 4.58 Å². The van der Waals surface area contributed by atoms with Crippen molar-refractivity contribution < 1.29 is 17.9 Å². The molecule has 156 valence electrons. The van der Waals surface area contributed by atoms with Gasteiger partial charge in [0, 0.05) is 31.4 Å². The minimum absolute atomic E-state index is 0. The van der Waals surface area contributed by atoms with Gasteiger partial charge in [0.05, 0.1) is 5.41 Å². The van der Waals surface area contributed by atoms with Crippen molar-refractivity contribution in [1.82, 2.24) is 0 Å². The van der Waals surface area contributed by atoms with Crippen molar-refractivity contribution in [2.45, 2.75) is 97.4 Å². The maximum absolute atomic E-state index is 14.6. The molecule has 1 aromatic carbocycles. The lowest BCUT2D eigenvalue weighted by molar-refractivity contribution is -0.515. The Bertz CT molecular complexity index is 705. The topological polar surface area (TPSA) is 3.01 Å². The van der Waals surface area contributed by atoms with Crippen molar-refractivity contribution in [1.29, 1.82) is 0 Å². The first kappa shape index (κ1) is 23.0. The summed E-state index contributed by atoms with van der Waals surface area (Å²) in [7, 11) is -2.40. The van der Waals surface area contributed by atoms with Crippen LogP contribution < -0.4 is 4.70 Å². The van der Waals surface area contributed by atoms with Crippen LogP contribution in [0.25, 0.3) is 0 Å². The van der Waals surface area contributed by atoms with E-state index in [0.29, 0.717) is 17.4 Å². The molecule has 0 aromatic heterocycles. The van der Waals surface area contributed by atoms with E-state index in [2.05, 4.69) is 64.3 Å². The molecule has 0 atom stereocenters. The summed E-state index contributed by atoms with van der Waals surface area (Å²) < 4.78 is 31.4. The van der Waals surface area contributed by atoms with E-state index in [-0.39, 0.29) is 15.7 Å². The standard InChI is InChI=1S/C23H35BF2N.FH/c1-16(2)18-11-10-12-19(17(3)4)20(18)27-21(24(25)26)23(15-22(27,5)6)13-8-7-9-14-23;/h10-12,16-17H,7-9,13-15H2,1-6H3;1H/q+1;/p-1. The summed E-state index contributed by atoms with van der Waals surface area (Å²) >= 11 is 0. The van der Waals surface area contributed by atoms with Crippen LogP contribution in [0, 0.1) is 5.41 Å². The van der Waals surface area contributed by atoms with Gasteiger partial charge in [-0.05, 0) is 24.7 Å². The number of para-hydroxylation sites is 1. The molecule has 1 saturated carbocycles. The van der Waals surface area contributed by atoms with Crippen LogP contribution in [0.5, 0.6) is 0 Å². The highest BCUT2D eigenvalue weighted by Gasteiger charge is 2.62. The fourth-order valence-electron chi connectivity index (χ4n) is 5.74. The van der Waals surface area contributed by atoms with Gasteiger partial charge < -0.3 is 4.70 Å². The van der Waals surface area contributed by atoms with E-state index in [9.17, 15) is 8.63 Å². The highest BCUT2D eigenvalue weighted by Crippen LogP contribution is 2.53. The van der Waals surface area contributed by atoms with Crippen LogP contribution in [0.4, 0.5) is 14.3 Å². The van der Waals surface area contributed by atoms with Gasteiger partial charge in [-0.1, -0.05) is 65.2 Å². The number of nitrogens with zero attached hydrogens (tertiary/aromatic N) is 1. The van der Waals surface area contributed by atoms with E-state index in [1.165, 1.54) is 17.5 Å². The molecule has 2 aliphatic rings. The van der Waals surface area contributed by atoms with Crippen LogP contribution in [0.1, 0.15) is 103 Å². The van der Waals surface area contributed by atoms with Crippen LogP contribution >= 0.6 is 0 Å². The molecule has 1 aliphatic heterocycles. The smallest absolute Gasteiger partial charge is 0.636 e. The summed E-state index contributed by atoms with van der Waals surface area (Å²) in [6.45, 7) is 13.0. The van der Waals surface area contributed by atoms with Gasteiger partial charge in [0.2, 0.25) is 11.3 Å². The normalized spacial score (nSPS) is 20.8. The molecule has 1 aliphatic carbocycles. The number of hydrogen-bond donors (Lipinski definition) is 0. The lowest BCUT2D eigenvalue weighted by Gasteiger charge is -2.31. The van der Waals surface area contributed by atoms with Gasteiger partial charge in [0.1, 0.15) is 0 Å². The lowest BCUT2D eigenvalue weighted by atomic mass is 9.60. The molecular weight excluding hydrogens is 358 g/mol. The fraction of sp³-hybridized carbons (Fsp3) is 0.696. The molecule has 28 heavy (non-hydrogen) atoms. The molecule has 0 bridgehead atoms. The first-order valence-electron chi connectivity index (χ1n) is 10.7. The van der Waals surface area contributed by atoms with Crippen LogP contribution in [0.2, 0.25) is 0 Å². The molecule has 1 nitrogen and oxygen atoms in total. The molecular formula is C23H35BF3N. The Kier molecular flexibility index (Phi) is 6.77. The molecule has 0 unspecified atom stereocenters. The van der Waals surface area contributed by atoms with E-state index in [1.807, 2.05) is 0 Å².